The third-order valence-corrected chi connectivity index (χ3v) is 5.43. The molecule has 1 atom stereocenters. The Bertz CT molecular complexity index is 683. The predicted octanol–water partition coefficient (Wildman–Crippen LogP) is 4.23. The lowest BCUT2D eigenvalue weighted by Crippen LogP contribution is -2.35. The number of esters is 1. The van der Waals surface area contributed by atoms with E-state index in [1.54, 1.807) is 0 Å². The molecular weight excluding hydrogens is 387 g/mol. The summed E-state index contributed by atoms with van der Waals surface area (Å²) in [6.07, 6.45) is -0.647. The first-order valence-corrected chi connectivity index (χ1v) is 9.77. The number of hydrogen-bond donors (Lipinski definition) is 1. The fourth-order valence-corrected chi connectivity index (χ4v) is 3.71. The molecule has 0 aromatic heterocycles. The number of carboxylic acids is 1. The van der Waals surface area contributed by atoms with Gasteiger partial charge in [0.25, 0.3) is 0 Å². The highest BCUT2D eigenvalue weighted by molar-refractivity contribution is 5.78. The van der Waals surface area contributed by atoms with E-state index in [-0.39, 0.29) is 17.5 Å². The van der Waals surface area contributed by atoms with E-state index < -0.39 is 12.1 Å². The standard InChI is InChI=1S/C19H27NO2.C2HF3O2/c1-19(2)14-17(22-18(19)21)10-13-20-11-8-16(9-12-20)15-6-4-3-5-7-15;3-2(4,5)1(6)7/h3-7,16-17H,8-14H2,1-2H3;(H,6,7)/t17-;/m1./s1. The third-order valence-electron chi connectivity index (χ3n) is 5.43. The van der Waals surface area contributed by atoms with E-state index in [2.05, 4.69) is 35.2 Å². The Labute approximate surface area is 168 Å². The summed E-state index contributed by atoms with van der Waals surface area (Å²) in [5, 5.41) is 7.12. The molecule has 3 rings (SSSR count). The molecule has 0 unspecified atom stereocenters. The number of nitrogens with zero attached hydrogens (tertiary/aromatic N) is 1. The summed E-state index contributed by atoms with van der Waals surface area (Å²) in [6.45, 7) is 7.34. The lowest BCUT2D eigenvalue weighted by molar-refractivity contribution is -0.192. The Morgan fingerprint density at radius 2 is 1.76 bits per heavy atom. The Kier molecular flexibility index (Phi) is 7.68. The lowest BCUT2D eigenvalue weighted by Gasteiger charge is -2.32. The van der Waals surface area contributed by atoms with Crippen molar-refractivity contribution in [1.82, 2.24) is 4.90 Å². The SMILES string of the molecule is CC1(C)C[C@@H](CCN2CCC(c3ccccc3)CC2)OC1=O.O=C(O)C(F)(F)F. The number of carbonyl (C=O) groups excluding carboxylic acids is 1. The molecule has 2 aliphatic rings. The summed E-state index contributed by atoms with van der Waals surface area (Å²) in [7, 11) is 0. The molecule has 1 aromatic carbocycles. The van der Waals surface area contributed by atoms with Crippen molar-refractivity contribution in [3.8, 4) is 0 Å². The van der Waals surface area contributed by atoms with Gasteiger partial charge in [-0.3, -0.25) is 4.79 Å². The van der Waals surface area contributed by atoms with Gasteiger partial charge in [-0.05, 0) is 64.1 Å². The summed E-state index contributed by atoms with van der Waals surface area (Å²) < 4.78 is 37.2. The molecular formula is C21H28F3NO4. The van der Waals surface area contributed by atoms with Crippen molar-refractivity contribution in [1.29, 1.82) is 0 Å². The Balaban J connectivity index is 0.000000370. The van der Waals surface area contributed by atoms with Gasteiger partial charge >= 0.3 is 18.1 Å². The summed E-state index contributed by atoms with van der Waals surface area (Å²) in [4.78, 5) is 23.1. The summed E-state index contributed by atoms with van der Waals surface area (Å²) >= 11 is 0. The topological polar surface area (TPSA) is 66.8 Å². The van der Waals surface area contributed by atoms with Crippen LogP contribution in [0.2, 0.25) is 0 Å². The molecule has 2 heterocycles. The smallest absolute Gasteiger partial charge is 0.475 e. The maximum atomic E-state index is 11.7. The number of piperidine rings is 1. The molecule has 0 spiro atoms. The molecule has 2 fully saturated rings. The van der Waals surface area contributed by atoms with Gasteiger partial charge in [0.05, 0.1) is 5.41 Å². The van der Waals surface area contributed by atoms with Crippen molar-refractivity contribution >= 4 is 11.9 Å². The van der Waals surface area contributed by atoms with Crippen LogP contribution in [0.3, 0.4) is 0 Å². The lowest BCUT2D eigenvalue weighted by atomic mass is 9.88. The molecule has 2 aliphatic heterocycles. The van der Waals surface area contributed by atoms with Crippen molar-refractivity contribution < 1.29 is 32.6 Å². The minimum Gasteiger partial charge on any atom is -0.475 e. The number of likely N-dealkylation sites (tertiary alicyclic amines) is 1. The van der Waals surface area contributed by atoms with Crippen LogP contribution in [0.5, 0.6) is 0 Å². The van der Waals surface area contributed by atoms with Crippen LogP contribution in [-0.2, 0) is 14.3 Å². The first-order chi connectivity index (χ1) is 13.5. The summed E-state index contributed by atoms with van der Waals surface area (Å²) in [6, 6.07) is 10.9. The van der Waals surface area contributed by atoms with Gasteiger partial charge in [0.15, 0.2) is 0 Å². The van der Waals surface area contributed by atoms with Gasteiger partial charge in [-0.2, -0.15) is 13.2 Å². The number of benzene rings is 1. The zero-order valence-electron chi connectivity index (χ0n) is 16.7. The van der Waals surface area contributed by atoms with Gasteiger partial charge in [0, 0.05) is 6.54 Å². The zero-order valence-corrected chi connectivity index (χ0v) is 16.7. The zero-order chi connectivity index (χ0) is 21.7. The number of ether oxygens (including phenoxy) is 1. The molecule has 5 nitrogen and oxygen atoms in total. The quantitative estimate of drug-likeness (QED) is 0.746. The second-order valence-corrected chi connectivity index (χ2v) is 8.23. The molecule has 29 heavy (non-hydrogen) atoms. The highest BCUT2D eigenvalue weighted by Gasteiger charge is 2.41. The number of alkyl halides is 3. The number of carboxylic acid groups (broad SMARTS) is 1. The second kappa shape index (κ2) is 9.61. The molecule has 2 saturated heterocycles. The Morgan fingerprint density at radius 1 is 1.21 bits per heavy atom. The number of hydrogen-bond acceptors (Lipinski definition) is 4. The van der Waals surface area contributed by atoms with Gasteiger partial charge in [-0.1, -0.05) is 30.3 Å². The highest BCUT2D eigenvalue weighted by atomic mass is 19.4. The van der Waals surface area contributed by atoms with E-state index in [0.717, 1.165) is 32.5 Å². The van der Waals surface area contributed by atoms with E-state index in [4.69, 9.17) is 14.6 Å². The van der Waals surface area contributed by atoms with Gasteiger partial charge in [0.2, 0.25) is 0 Å². The van der Waals surface area contributed by atoms with Gasteiger partial charge in [-0.25, -0.2) is 4.79 Å². The molecule has 1 N–H and O–H groups in total. The highest BCUT2D eigenvalue weighted by Crippen LogP contribution is 2.34. The van der Waals surface area contributed by atoms with Crippen molar-refractivity contribution in [3.63, 3.8) is 0 Å². The van der Waals surface area contributed by atoms with Gasteiger partial charge < -0.3 is 14.7 Å². The maximum Gasteiger partial charge on any atom is 0.490 e. The Morgan fingerprint density at radius 3 is 2.21 bits per heavy atom. The number of rotatable bonds is 4. The van der Waals surface area contributed by atoms with E-state index in [0.29, 0.717) is 5.92 Å². The molecule has 0 saturated carbocycles. The monoisotopic (exact) mass is 415 g/mol. The molecule has 162 valence electrons. The van der Waals surface area contributed by atoms with Gasteiger partial charge in [0.1, 0.15) is 6.10 Å². The average molecular weight is 415 g/mol. The number of aliphatic carboxylic acids is 1. The molecule has 0 bridgehead atoms. The normalized spacial score (nSPS) is 22.5. The van der Waals surface area contributed by atoms with Crippen molar-refractivity contribution in [3.05, 3.63) is 35.9 Å². The molecule has 0 aliphatic carbocycles. The first-order valence-electron chi connectivity index (χ1n) is 9.77. The predicted molar refractivity (Wildman–Crippen MR) is 101 cm³/mol. The van der Waals surface area contributed by atoms with Crippen LogP contribution in [0.1, 0.15) is 51.0 Å². The summed E-state index contributed by atoms with van der Waals surface area (Å²) in [5.74, 6) is -2.08. The van der Waals surface area contributed by atoms with Crippen LogP contribution in [0.15, 0.2) is 30.3 Å². The van der Waals surface area contributed by atoms with Crippen molar-refractivity contribution in [2.75, 3.05) is 19.6 Å². The van der Waals surface area contributed by atoms with Crippen LogP contribution in [0.4, 0.5) is 13.2 Å². The molecule has 0 radical (unpaired) electrons. The Hall–Kier alpha value is -2.09. The van der Waals surface area contributed by atoms with E-state index in [9.17, 15) is 18.0 Å². The number of cyclic esters (lactones) is 1. The fourth-order valence-electron chi connectivity index (χ4n) is 3.71. The van der Waals surface area contributed by atoms with Crippen LogP contribution in [0.25, 0.3) is 0 Å². The van der Waals surface area contributed by atoms with Gasteiger partial charge in [-0.15, -0.1) is 0 Å². The van der Waals surface area contributed by atoms with E-state index >= 15 is 0 Å². The van der Waals surface area contributed by atoms with E-state index in [1.165, 1.54) is 18.4 Å². The molecule has 1 aromatic rings. The van der Waals surface area contributed by atoms with Crippen molar-refractivity contribution in [2.45, 2.75) is 57.7 Å². The minimum atomic E-state index is -5.08. The number of carbonyl (C=O) groups is 2. The third kappa shape index (κ3) is 7.03. The maximum absolute atomic E-state index is 11.7. The summed E-state index contributed by atoms with van der Waals surface area (Å²) in [5.41, 5.74) is 1.19. The second-order valence-electron chi connectivity index (χ2n) is 8.23. The first kappa shape index (κ1) is 23.2. The van der Waals surface area contributed by atoms with Crippen molar-refractivity contribution in [2.24, 2.45) is 5.41 Å². The van der Waals surface area contributed by atoms with Crippen LogP contribution >= 0.6 is 0 Å². The van der Waals surface area contributed by atoms with Crippen LogP contribution in [0, 0.1) is 5.41 Å². The molecule has 8 heteroatoms. The number of halogens is 3. The average Bonchev–Trinajstić information content (AvgIpc) is 2.93. The van der Waals surface area contributed by atoms with Crippen LogP contribution in [-0.4, -0.2) is 53.9 Å². The fraction of sp³-hybridized carbons (Fsp3) is 0.619. The largest absolute Gasteiger partial charge is 0.490 e. The van der Waals surface area contributed by atoms with Crippen LogP contribution < -0.4 is 0 Å². The van der Waals surface area contributed by atoms with E-state index in [1.807, 2.05) is 13.8 Å². The molecule has 0 amide bonds. The minimum absolute atomic E-state index is 0.0275.